The second kappa shape index (κ2) is 4.84. The van der Waals surface area contributed by atoms with Gasteiger partial charge in [0.15, 0.2) is 0 Å². The molecule has 1 heterocycles. The predicted octanol–water partition coefficient (Wildman–Crippen LogP) is 2.52. The molecule has 1 aliphatic heterocycles. The van der Waals surface area contributed by atoms with Crippen molar-refractivity contribution in [2.24, 2.45) is 11.8 Å². The van der Waals surface area contributed by atoms with Crippen LogP contribution in [-0.4, -0.2) is 24.5 Å². The first-order valence-electron chi connectivity index (χ1n) is 6.06. The Morgan fingerprint density at radius 3 is 2.36 bits per heavy atom. The van der Waals surface area contributed by atoms with Crippen LogP contribution in [0, 0.1) is 24.2 Å². The fourth-order valence-electron chi connectivity index (χ4n) is 3.09. The summed E-state index contributed by atoms with van der Waals surface area (Å²) >= 11 is 0. The number of hydrogen-bond donors (Lipinski definition) is 0. The van der Waals surface area contributed by atoms with Gasteiger partial charge in [0.2, 0.25) is 0 Å². The molecule has 2 atom stereocenters. The highest BCUT2D eigenvalue weighted by molar-refractivity contribution is 4.88. The second-order valence-electron chi connectivity index (χ2n) is 4.87. The maximum atomic E-state index is 5.26. The zero-order chi connectivity index (χ0) is 9.80. The largest absolute Gasteiger partial charge is 0.303 e. The summed E-state index contributed by atoms with van der Waals surface area (Å²) in [6.07, 6.45) is 13.3. The van der Waals surface area contributed by atoms with Gasteiger partial charge in [0.1, 0.15) is 0 Å². The SMILES string of the molecule is C#CCCCN1CC2CCCCC2C1. The molecule has 1 saturated carbocycles. The van der Waals surface area contributed by atoms with Gasteiger partial charge in [-0.05, 0) is 37.6 Å². The summed E-state index contributed by atoms with van der Waals surface area (Å²) in [7, 11) is 0. The van der Waals surface area contributed by atoms with Crippen molar-refractivity contribution in [3.63, 3.8) is 0 Å². The van der Waals surface area contributed by atoms with Crippen LogP contribution < -0.4 is 0 Å². The first-order chi connectivity index (χ1) is 6.90. The molecule has 14 heavy (non-hydrogen) atoms. The van der Waals surface area contributed by atoms with E-state index in [0.717, 1.165) is 18.3 Å². The molecule has 1 nitrogen and oxygen atoms in total. The molecular weight excluding hydrogens is 170 g/mol. The lowest BCUT2D eigenvalue weighted by molar-refractivity contribution is 0.299. The highest BCUT2D eigenvalue weighted by Crippen LogP contribution is 2.35. The molecule has 0 aromatic carbocycles. The van der Waals surface area contributed by atoms with E-state index in [9.17, 15) is 0 Å². The van der Waals surface area contributed by atoms with E-state index in [4.69, 9.17) is 6.42 Å². The molecule has 0 bridgehead atoms. The maximum absolute atomic E-state index is 5.26. The van der Waals surface area contributed by atoms with Crippen molar-refractivity contribution < 1.29 is 0 Å². The fourth-order valence-corrected chi connectivity index (χ4v) is 3.09. The molecule has 78 valence electrons. The van der Waals surface area contributed by atoms with E-state index in [1.165, 1.54) is 51.7 Å². The third-order valence-corrected chi connectivity index (χ3v) is 3.85. The maximum Gasteiger partial charge on any atom is 0.00982 e. The van der Waals surface area contributed by atoms with E-state index in [2.05, 4.69) is 10.8 Å². The Labute approximate surface area is 87.9 Å². The van der Waals surface area contributed by atoms with Crippen molar-refractivity contribution in [1.82, 2.24) is 4.90 Å². The van der Waals surface area contributed by atoms with Gasteiger partial charge in [-0.15, -0.1) is 12.3 Å². The normalized spacial score (nSPS) is 32.5. The topological polar surface area (TPSA) is 3.24 Å². The van der Waals surface area contributed by atoms with Crippen LogP contribution in [0.25, 0.3) is 0 Å². The lowest BCUT2D eigenvalue weighted by Gasteiger charge is -2.23. The van der Waals surface area contributed by atoms with Crippen LogP contribution in [0.2, 0.25) is 0 Å². The molecule has 2 rings (SSSR count). The van der Waals surface area contributed by atoms with Gasteiger partial charge in [-0.2, -0.15) is 0 Å². The summed E-state index contributed by atoms with van der Waals surface area (Å²) in [4.78, 5) is 2.64. The predicted molar refractivity (Wildman–Crippen MR) is 60.0 cm³/mol. The Morgan fingerprint density at radius 1 is 1.14 bits per heavy atom. The Morgan fingerprint density at radius 2 is 1.79 bits per heavy atom. The first-order valence-corrected chi connectivity index (χ1v) is 6.06. The molecule has 0 N–H and O–H groups in total. The van der Waals surface area contributed by atoms with Crippen LogP contribution in [0.5, 0.6) is 0 Å². The van der Waals surface area contributed by atoms with Gasteiger partial charge in [0, 0.05) is 19.5 Å². The summed E-state index contributed by atoms with van der Waals surface area (Å²) in [5, 5.41) is 0. The van der Waals surface area contributed by atoms with E-state index < -0.39 is 0 Å². The highest BCUT2D eigenvalue weighted by atomic mass is 15.1. The number of terminal acetylenes is 1. The van der Waals surface area contributed by atoms with Crippen molar-refractivity contribution in [1.29, 1.82) is 0 Å². The molecule has 0 amide bonds. The number of nitrogens with zero attached hydrogens (tertiary/aromatic N) is 1. The number of unbranched alkanes of at least 4 members (excludes halogenated alkanes) is 1. The van der Waals surface area contributed by atoms with Crippen LogP contribution >= 0.6 is 0 Å². The summed E-state index contributed by atoms with van der Waals surface area (Å²) in [5.74, 6) is 4.77. The van der Waals surface area contributed by atoms with Crippen LogP contribution in [0.4, 0.5) is 0 Å². The van der Waals surface area contributed by atoms with E-state index in [1.807, 2.05) is 0 Å². The van der Waals surface area contributed by atoms with Crippen LogP contribution in [0.15, 0.2) is 0 Å². The molecule has 2 aliphatic rings. The molecule has 1 heteroatoms. The van der Waals surface area contributed by atoms with E-state index in [1.54, 1.807) is 0 Å². The van der Waals surface area contributed by atoms with Crippen molar-refractivity contribution >= 4 is 0 Å². The summed E-state index contributed by atoms with van der Waals surface area (Å²) in [6.45, 7) is 3.95. The molecule has 2 fully saturated rings. The van der Waals surface area contributed by atoms with E-state index in [-0.39, 0.29) is 0 Å². The zero-order valence-corrected chi connectivity index (χ0v) is 9.04. The van der Waals surface area contributed by atoms with Crippen LogP contribution in [0.1, 0.15) is 38.5 Å². The highest BCUT2D eigenvalue weighted by Gasteiger charge is 2.33. The van der Waals surface area contributed by atoms with Crippen LogP contribution in [0.3, 0.4) is 0 Å². The smallest absolute Gasteiger partial charge is 0.00982 e. The summed E-state index contributed by atoms with van der Waals surface area (Å²) in [5.41, 5.74) is 0. The average Bonchev–Trinajstić information content (AvgIpc) is 2.60. The van der Waals surface area contributed by atoms with Gasteiger partial charge in [0.05, 0.1) is 0 Å². The minimum absolute atomic E-state index is 0.950. The molecule has 0 spiro atoms. The number of rotatable bonds is 3. The zero-order valence-electron chi connectivity index (χ0n) is 9.04. The standard InChI is InChI=1S/C13H21N/c1-2-3-6-9-14-10-12-7-4-5-8-13(12)11-14/h1,12-13H,3-11H2. The quantitative estimate of drug-likeness (QED) is 0.489. The summed E-state index contributed by atoms with van der Waals surface area (Å²) < 4.78 is 0. The third kappa shape index (κ3) is 2.30. The first kappa shape index (κ1) is 10.1. The van der Waals surface area contributed by atoms with Crippen molar-refractivity contribution in [2.45, 2.75) is 38.5 Å². The van der Waals surface area contributed by atoms with Crippen molar-refractivity contribution in [3.05, 3.63) is 0 Å². The van der Waals surface area contributed by atoms with Gasteiger partial charge in [-0.1, -0.05) is 12.8 Å². The Hall–Kier alpha value is -0.480. The Bertz CT molecular complexity index is 202. The molecule has 1 aliphatic carbocycles. The number of fused-ring (bicyclic) bond motifs is 1. The Kier molecular flexibility index (Phi) is 3.48. The monoisotopic (exact) mass is 191 g/mol. The lowest BCUT2D eigenvalue weighted by atomic mass is 9.82. The van der Waals surface area contributed by atoms with Crippen molar-refractivity contribution in [3.8, 4) is 12.3 Å². The summed E-state index contributed by atoms with van der Waals surface area (Å²) in [6, 6.07) is 0. The number of hydrogen-bond acceptors (Lipinski definition) is 1. The number of likely N-dealkylation sites (tertiary alicyclic amines) is 1. The average molecular weight is 191 g/mol. The molecule has 0 aromatic heterocycles. The fraction of sp³-hybridized carbons (Fsp3) is 0.846. The van der Waals surface area contributed by atoms with Crippen molar-refractivity contribution in [2.75, 3.05) is 19.6 Å². The molecule has 2 unspecified atom stereocenters. The van der Waals surface area contributed by atoms with Gasteiger partial charge in [-0.25, -0.2) is 0 Å². The van der Waals surface area contributed by atoms with E-state index in [0.29, 0.717) is 0 Å². The van der Waals surface area contributed by atoms with E-state index >= 15 is 0 Å². The van der Waals surface area contributed by atoms with Gasteiger partial charge < -0.3 is 4.90 Å². The van der Waals surface area contributed by atoms with Gasteiger partial charge in [0.25, 0.3) is 0 Å². The lowest BCUT2D eigenvalue weighted by Crippen LogP contribution is -2.21. The minimum atomic E-state index is 0.950. The van der Waals surface area contributed by atoms with Crippen LogP contribution in [-0.2, 0) is 0 Å². The molecule has 0 radical (unpaired) electrons. The molecule has 1 saturated heterocycles. The molecular formula is C13H21N. The van der Waals surface area contributed by atoms with Gasteiger partial charge in [-0.3, -0.25) is 0 Å². The molecule has 0 aromatic rings. The Balaban J connectivity index is 1.73. The second-order valence-corrected chi connectivity index (χ2v) is 4.87. The van der Waals surface area contributed by atoms with Gasteiger partial charge >= 0.3 is 0 Å². The minimum Gasteiger partial charge on any atom is -0.303 e. The third-order valence-electron chi connectivity index (χ3n) is 3.85.